The van der Waals surface area contributed by atoms with Crippen molar-refractivity contribution < 1.29 is 0 Å². The number of para-hydroxylation sites is 2. The molecule has 0 saturated heterocycles. The number of hydrogen-bond acceptors (Lipinski definition) is 0. The van der Waals surface area contributed by atoms with Gasteiger partial charge in [0.05, 0.1) is 22.1 Å². The Labute approximate surface area is 335 Å². The van der Waals surface area contributed by atoms with Gasteiger partial charge in [-0.25, -0.2) is 0 Å². The van der Waals surface area contributed by atoms with Crippen molar-refractivity contribution in [1.29, 1.82) is 0 Å². The lowest BCUT2D eigenvalue weighted by Gasteiger charge is -2.14. The van der Waals surface area contributed by atoms with E-state index in [2.05, 4.69) is 215 Å². The second-order valence-electron chi connectivity index (χ2n) is 15.7. The minimum atomic E-state index is 1.16. The van der Waals surface area contributed by atoms with Crippen LogP contribution in [-0.2, 0) is 0 Å². The van der Waals surface area contributed by atoms with E-state index < -0.39 is 0 Å². The van der Waals surface area contributed by atoms with Gasteiger partial charge in [-0.1, -0.05) is 152 Å². The summed E-state index contributed by atoms with van der Waals surface area (Å²) in [6, 6.07) is 76.2. The normalized spacial score (nSPS) is 12.1. The largest absolute Gasteiger partial charge is 0.309 e. The average molecular weight is 735 g/mol. The molecule has 0 atom stereocenters. The number of fused-ring (bicyclic) bond motifs is 11. The molecule has 0 N–H and O–H groups in total. The zero-order valence-electron chi connectivity index (χ0n) is 31.5. The number of aromatic nitrogens is 2. The maximum Gasteiger partial charge on any atom is 0.0619 e. The van der Waals surface area contributed by atoms with Crippen molar-refractivity contribution in [3.8, 4) is 55.9 Å². The highest BCUT2D eigenvalue weighted by Gasteiger charge is 2.23. The summed E-state index contributed by atoms with van der Waals surface area (Å²) in [4.78, 5) is 0. The topological polar surface area (TPSA) is 9.86 Å². The maximum absolute atomic E-state index is 2.49. The fraction of sp³-hybridized carbons (Fsp3) is 0. The Morgan fingerprint density at radius 2 is 0.845 bits per heavy atom. The molecule has 2 aromatic heterocycles. The van der Waals surface area contributed by atoms with Crippen LogP contribution >= 0.6 is 0 Å². The monoisotopic (exact) mass is 734 g/mol. The van der Waals surface area contributed by atoms with E-state index in [0.717, 1.165) is 5.69 Å². The Balaban J connectivity index is 1.01. The molecule has 13 rings (SSSR count). The Bertz CT molecular complexity index is 3650. The molecule has 268 valence electrons. The van der Waals surface area contributed by atoms with Crippen LogP contribution in [0.1, 0.15) is 0 Å². The number of benzene rings is 10. The fourth-order valence-electron chi connectivity index (χ4n) is 10.1. The maximum atomic E-state index is 2.49. The summed E-state index contributed by atoms with van der Waals surface area (Å²) in [5.41, 5.74) is 17.4. The Kier molecular flexibility index (Phi) is 6.47. The van der Waals surface area contributed by atoms with Gasteiger partial charge in [0.2, 0.25) is 0 Å². The molecule has 58 heavy (non-hydrogen) atoms. The molecule has 0 aliphatic heterocycles. The van der Waals surface area contributed by atoms with E-state index in [0.29, 0.717) is 0 Å². The molecule has 0 fully saturated rings. The molecule has 2 heteroatoms. The van der Waals surface area contributed by atoms with Crippen LogP contribution in [0.3, 0.4) is 0 Å². The highest BCUT2D eigenvalue weighted by Crippen LogP contribution is 2.49. The molecule has 10 aromatic carbocycles. The molecule has 0 saturated carbocycles. The molecule has 2 nitrogen and oxygen atoms in total. The highest BCUT2D eigenvalue weighted by molar-refractivity contribution is 6.21. The van der Waals surface area contributed by atoms with Gasteiger partial charge >= 0.3 is 0 Å². The second kappa shape index (κ2) is 11.9. The summed E-state index contributed by atoms with van der Waals surface area (Å²) in [6.07, 6.45) is 0. The van der Waals surface area contributed by atoms with Crippen molar-refractivity contribution >= 4 is 65.2 Å². The smallest absolute Gasteiger partial charge is 0.0619 e. The third kappa shape index (κ3) is 4.37. The molecule has 12 aromatic rings. The molecule has 1 aliphatic rings. The molecule has 2 heterocycles. The molecular formula is C56H34N2. The van der Waals surface area contributed by atoms with Crippen LogP contribution in [-0.4, -0.2) is 9.13 Å². The van der Waals surface area contributed by atoms with Gasteiger partial charge in [0.15, 0.2) is 0 Å². The van der Waals surface area contributed by atoms with Crippen molar-refractivity contribution in [3.63, 3.8) is 0 Å². The van der Waals surface area contributed by atoms with Crippen LogP contribution in [0.4, 0.5) is 0 Å². The van der Waals surface area contributed by atoms with Crippen molar-refractivity contribution in [2.45, 2.75) is 0 Å². The van der Waals surface area contributed by atoms with E-state index >= 15 is 0 Å². The lowest BCUT2D eigenvalue weighted by molar-refractivity contribution is 1.18. The van der Waals surface area contributed by atoms with Crippen molar-refractivity contribution in [3.05, 3.63) is 206 Å². The van der Waals surface area contributed by atoms with Gasteiger partial charge in [0.1, 0.15) is 0 Å². The van der Waals surface area contributed by atoms with Gasteiger partial charge in [-0.05, 0) is 115 Å². The SMILES string of the molecule is c1ccc(-n2c3ccccc3c3cc(-c4ccc5c(c4)c4ccc6ccccc6c4n5-c4cccc(-c5ccc6c7c(cccc57)-c5ccccc5-6)c4)ccc32)cc1. The van der Waals surface area contributed by atoms with Crippen molar-refractivity contribution in [2.75, 3.05) is 0 Å². The van der Waals surface area contributed by atoms with Crippen LogP contribution in [0.15, 0.2) is 206 Å². The first-order valence-corrected chi connectivity index (χ1v) is 20.1. The average Bonchev–Trinajstić information content (AvgIpc) is 3.93. The van der Waals surface area contributed by atoms with Crippen LogP contribution < -0.4 is 0 Å². The molecule has 0 spiro atoms. The molecule has 0 radical (unpaired) electrons. The van der Waals surface area contributed by atoms with E-state index in [1.165, 1.54) is 115 Å². The molecular weight excluding hydrogens is 701 g/mol. The van der Waals surface area contributed by atoms with Gasteiger partial charge in [0, 0.05) is 38.3 Å². The number of rotatable bonds is 4. The molecule has 0 bridgehead atoms. The molecule has 0 amide bonds. The van der Waals surface area contributed by atoms with E-state index in [9.17, 15) is 0 Å². The van der Waals surface area contributed by atoms with Crippen LogP contribution in [0, 0.1) is 0 Å². The van der Waals surface area contributed by atoms with E-state index in [1.54, 1.807) is 0 Å². The third-order valence-corrected chi connectivity index (χ3v) is 12.6. The summed E-state index contributed by atoms with van der Waals surface area (Å²) in [7, 11) is 0. The van der Waals surface area contributed by atoms with E-state index in [4.69, 9.17) is 0 Å². The Morgan fingerprint density at radius 3 is 1.67 bits per heavy atom. The van der Waals surface area contributed by atoms with Crippen LogP contribution in [0.2, 0.25) is 0 Å². The van der Waals surface area contributed by atoms with Gasteiger partial charge in [-0.2, -0.15) is 0 Å². The first-order valence-electron chi connectivity index (χ1n) is 20.1. The summed E-state index contributed by atoms with van der Waals surface area (Å²) in [5, 5.41) is 10.2. The Hall–Kier alpha value is -7.68. The van der Waals surface area contributed by atoms with Crippen LogP contribution in [0.25, 0.3) is 121 Å². The number of hydrogen-bond donors (Lipinski definition) is 0. The fourth-order valence-corrected chi connectivity index (χ4v) is 10.1. The van der Waals surface area contributed by atoms with E-state index in [1.807, 2.05) is 0 Å². The first kappa shape index (κ1) is 31.5. The zero-order valence-corrected chi connectivity index (χ0v) is 31.5. The van der Waals surface area contributed by atoms with Crippen molar-refractivity contribution in [1.82, 2.24) is 9.13 Å². The third-order valence-electron chi connectivity index (χ3n) is 12.6. The predicted octanol–water partition coefficient (Wildman–Crippen LogP) is 15.2. The quantitative estimate of drug-likeness (QED) is 0.170. The predicted molar refractivity (Wildman–Crippen MR) is 245 cm³/mol. The summed E-state index contributed by atoms with van der Waals surface area (Å²) >= 11 is 0. The lowest BCUT2D eigenvalue weighted by Crippen LogP contribution is -1.95. The van der Waals surface area contributed by atoms with E-state index in [-0.39, 0.29) is 0 Å². The summed E-state index contributed by atoms with van der Waals surface area (Å²) < 4.78 is 4.88. The van der Waals surface area contributed by atoms with Crippen LogP contribution in [0.5, 0.6) is 0 Å². The molecule has 0 unspecified atom stereocenters. The van der Waals surface area contributed by atoms with Gasteiger partial charge in [0.25, 0.3) is 0 Å². The molecule has 1 aliphatic carbocycles. The first-order chi connectivity index (χ1) is 28.8. The highest BCUT2D eigenvalue weighted by atomic mass is 15.0. The minimum absolute atomic E-state index is 1.16. The Morgan fingerprint density at radius 1 is 0.259 bits per heavy atom. The van der Waals surface area contributed by atoms with Gasteiger partial charge in [-0.3, -0.25) is 0 Å². The number of nitrogens with zero attached hydrogens (tertiary/aromatic N) is 2. The zero-order chi connectivity index (χ0) is 37.9. The summed E-state index contributed by atoms with van der Waals surface area (Å²) in [5.74, 6) is 0. The van der Waals surface area contributed by atoms with Crippen molar-refractivity contribution in [2.24, 2.45) is 0 Å². The van der Waals surface area contributed by atoms with Gasteiger partial charge in [-0.15, -0.1) is 0 Å². The summed E-state index contributed by atoms with van der Waals surface area (Å²) in [6.45, 7) is 0. The van der Waals surface area contributed by atoms with Gasteiger partial charge < -0.3 is 9.13 Å². The lowest BCUT2D eigenvalue weighted by atomic mass is 9.94. The second-order valence-corrected chi connectivity index (χ2v) is 15.7. The minimum Gasteiger partial charge on any atom is -0.309 e. The standard InChI is InChI=1S/C56H34N2/c1-2-14-39(15-3-1)57-52-23-9-8-20-45(52)50-33-36(25-30-53(50)57)37-26-31-54-51(34-37)49-27-24-35-12-4-5-17-42(35)56(49)58(54)40-16-10-13-38(32-40)41-28-29-48-44-19-7-6-18-43(44)47-22-11-21-46(41)55(47)48/h1-34H.